The molecule has 2 nitrogen and oxygen atoms in total. The molecule has 0 saturated carbocycles. The van der Waals surface area contributed by atoms with E-state index in [0.717, 1.165) is 25.0 Å². The SMILES string of the molecule is CCCNCc1cc(C(C)(C)C)nc2c(C)cc(C)cc12. The Morgan fingerprint density at radius 1 is 1.10 bits per heavy atom. The van der Waals surface area contributed by atoms with Gasteiger partial charge >= 0.3 is 0 Å². The fourth-order valence-electron chi connectivity index (χ4n) is 2.68. The molecule has 2 rings (SSSR count). The molecule has 114 valence electrons. The third-order valence-corrected chi connectivity index (χ3v) is 3.84. The molecule has 2 heteroatoms. The quantitative estimate of drug-likeness (QED) is 0.827. The van der Waals surface area contributed by atoms with Crippen LogP contribution in [0.2, 0.25) is 0 Å². The molecule has 0 atom stereocenters. The second-order valence-electron chi connectivity index (χ2n) is 7.07. The van der Waals surface area contributed by atoms with Crippen molar-refractivity contribution in [2.45, 2.75) is 59.9 Å². The minimum absolute atomic E-state index is 0.0744. The van der Waals surface area contributed by atoms with Crippen molar-refractivity contribution in [3.63, 3.8) is 0 Å². The normalized spacial score (nSPS) is 12.1. The maximum Gasteiger partial charge on any atom is 0.0738 e. The van der Waals surface area contributed by atoms with Crippen LogP contribution in [-0.4, -0.2) is 11.5 Å². The lowest BCUT2D eigenvalue weighted by atomic mass is 9.89. The first-order chi connectivity index (χ1) is 9.82. The van der Waals surface area contributed by atoms with E-state index in [1.54, 1.807) is 0 Å². The summed E-state index contributed by atoms with van der Waals surface area (Å²) in [6.45, 7) is 15.2. The summed E-state index contributed by atoms with van der Waals surface area (Å²) in [5.74, 6) is 0. The summed E-state index contributed by atoms with van der Waals surface area (Å²) in [6.07, 6.45) is 1.16. The van der Waals surface area contributed by atoms with E-state index in [9.17, 15) is 0 Å². The van der Waals surface area contributed by atoms with Gasteiger partial charge in [-0.1, -0.05) is 39.3 Å². The van der Waals surface area contributed by atoms with Crippen molar-refractivity contribution in [1.82, 2.24) is 10.3 Å². The Labute approximate surface area is 129 Å². The van der Waals surface area contributed by atoms with E-state index < -0.39 is 0 Å². The van der Waals surface area contributed by atoms with Crippen molar-refractivity contribution in [1.29, 1.82) is 0 Å². The zero-order valence-electron chi connectivity index (χ0n) is 14.3. The molecule has 1 N–H and O–H groups in total. The molecule has 0 unspecified atom stereocenters. The second-order valence-corrected chi connectivity index (χ2v) is 7.07. The summed E-state index contributed by atoms with van der Waals surface area (Å²) in [5.41, 5.74) is 6.35. The first-order valence-corrected chi connectivity index (χ1v) is 7.95. The lowest BCUT2D eigenvalue weighted by molar-refractivity contribution is 0.569. The second kappa shape index (κ2) is 6.15. The molecule has 21 heavy (non-hydrogen) atoms. The smallest absolute Gasteiger partial charge is 0.0738 e. The molecule has 0 spiro atoms. The first kappa shape index (κ1) is 16.0. The molecule has 0 aliphatic heterocycles. The first-order valence-electron chi connectivity index (χ1n) is 7.95. The van der Waals surface area contributed by atoms with Crippen LogP contribution in [0.5, 0.6) is 0 Å². The number of hydrogen-bond donors (Lipinski definition) is 1. The molecule has 0 aliphatic rings. The molecule has 0 saturated heterocycles. The number of fused-ring (bicyclic) bond motifs is 1. The molecule has 0 radical (unpaired) electrons. The molecule has 1 heterocycles. The topological polar surface area (TPSA) is 24.9 Å². The Balaban J connectivity index is 2.61. The standard InChI is InChI=1S/C19H28N2/c1-7-8-20-12-15-11-17(19(4,5)6)21-18-14(3)9-13(2)10-16(15)18/h9-11,20H,7-8,12H2,1-6H3. The number of benzene rings is 1. The monoisotopic (exact) mass is 284 g/mol. The highest BCUT2D eigenvalue weighted by molar-refractivity contribution is 5.86. The zero-order valence-corrected chi connectivity index (χ0v) is 14.3. The van der Waals surface area contributed by atoms with Crippen LogP contribution < -0.4 is 5.32 Å². The molecule has 1 aromatic heterocycles. The average molecular weight is 284 g/mol. The Hall–Kier alpha value is -1.41. The lowest BCUT2D eigenvalue weighted by Gasteiger charge is -2.21. The van der Waals surface area contributed by atoms with Crippen molar-refractivity contribution >= 4 is 10.9 Å². The van der Waals surface area contributed by atoms with Crippen molar-refractivity contribution in [3.05, 3.63) is 40.6 Å². The summed E-state index contributed by atoms with van der Waals surface area (Å²) in [4.78, 5) is 4.95. The van der Waals surface area contributed by atoms with Gasteiger partial charge in [0.05, 0.1) is 5.52 Å². The lowest BCUT2D eigenvalue weighted by Crippen LogP contribution is -2.18. The molecule has 2 aromatic rings. The average Bonchev–Trinajstić information content (AvgIpc) is 2.38. The van der Waals surface area contributed by atoms with Crippen LogP contribution in [0.4, 0.5) is 0 Å². The highest BCUT2D eigenvalue weighted by atomic mass is 14.8. The highest BCUT2D eigenvalue weighted by Crippen LogP contribution is 2.28. The van der Waals surface area contributed by atoms with Crippen LogP contribution in [0.25, 0.3) is 10.9 Å². The van der Waals surface area contributed by atoms with Gasteiger partial charge in [-0.2, -0.15) is 0 Å². The predicted molar refractivity (Wildman–Crippen MR) is 91.9 cm³/mol. The maximum absolute atomic E-state index is 4.95. The van der Waals surface area contributed by atoms with Gasteiger partial charge in [0, 0.05) is 23.0 Å². The molecule has 0 bridgehead atoms. The zero-order chi connectivity index (χ0) is 15.6. The third-order valence-electron chi connectivity index (χ3n) is 3.84. The van der Waals surface area contributed by atoms with E-state index in [4.69, 9.17) is 4.98 Å². The van der Waals surface area contributed by atoms with Gasteiger partial charge in [0.1, 0.15) is 0 Å². The predicted octanol–water partition coefficient (Wildman–Crippen LogP) is 4.65. The molecule has 0 fully saturated rings. The maximum atomic E-state index is 4.95. The third kappa shape index (κ3) is 3.62. The largest absolute Gasteiger partial charge is 0.313 e. The van der Waals surface area contributed by atoms with Gasteiger partial charge in [0.15, 0.2) is 0 Å². The van der Waals surface area contributed by atoms with Crippen LogP contribution in [-0.2, 0) is 12.0 Å². The fraction of sp³-hybridized carbons (Fsp3) is 0.526. The Morgan fingerprint density at radius 3 is 2.43 bits per heavy atom. The molecule has 0 amide bonds. The van der Waals surface area contributed by atoms with Gasteiger partial charge in [0.25, 0.3) is 0 Å². The molecule has 1 aromatic carbocycles. The molecular formula is C19H28N2. The molecular weight excluding hydrogens is 256 g/mol. The van der Waals surface area contributed by atoms with Gasteiger partial charge < -0.3 is 5.32 Å². The minimum Gasteiger partial charge on any atom is -0.313 e. The number of aromatic nitrogens is 1. The van der Waals surface area contributed by atoms with Crippen molar-refractivity contribution in [2.24, 2.45) is 0 Å². The number of pyridine rings is 1. The van der Waals surface area contributed by atoms with E-state index in [-0.39, 0.29) is 5.41 Å². The molecule has 0 aliphatic carbocycles. The number of aryl methyl sites for hydroxylation is 2. The summed E-state index contributed by atoms with van der Waals surface area (Å²) in [6, 6.07) is 6.78. The van der Waals surface area contributed by atoms with Gasteiger partial charge in [-0.15, -0.1) is 0 Å². The summed E-state index contributed by atoms with van der Waals surface area (Å²) in [5, 5.41) is 4.83. The summed E-state index contributed by atoms with van der Waals surface area (Å²) in [7, 11) is 0. The van der Waals surface area contributed by atoms with Gasteiger partial charge in [-0.25, -0.2) is 0 Å². The van der Waals surface area contributed by atoms with E-state index >= 15 is 0 Å². The van der Waals surface area contributed by atoms with E-state index in [2.05, 4.69) is 65.1 Å². The highest BCUT2D eigenvalue weighted by Gasteiger charge is 2.18. The number of nitrogens with zero attached hydrogens (tertiary/aromatic N) is 1. The number of hydrogen-bond acceptors (Lipinski definition) is 2. The van der Waals surface area contributed by atoms with Gasteiger partial charge in [0.2, 0.25) is 0 Å². The van der Waals surface area contributed by atoms with Gasteiger partial charge in [-0.3, -0.25) is 4.98 Å². The van der Waals surface area contributed by atoms with Crippen LogP contribution in [0, 0.1) is 13.8 Å². The van der Waals surface area contributed by atoms with Crippen LogP contribution >= 0.6 is 0 Å². The van der Waals surface area contributed by atoms with Gasteiger partial charge in [-0.05, 0) is 50.1 Å². The van der Waals surface area contributed by atoms with Crippen LogP contribution in [0.15, 0.2) is 18.2 Å². The van der Waals surface area contributed by atoms with E-state index in [1.165, 1.54) is 27.8 Å². The Bertz CT molecular complexity index is 636. The van der Waals surface area contributed by atoms with Crippen molar-refractivity contribution < 1.29 is 0 Å². The van der Waals surface area contributed by atoms with Crippen molar-refractivity contribution in [2.75, 3.05) is 6.54 Å². The van der Waals surface area contributed by atoms with Crippen LogP contribution in [0.3, 0.4) is 0 Å². The Kier molecular flexibility index (Phi) is 4.67. The summed E-state index contributed by atoms with van der Waals surface area (Å²) >= 11 is 0. The van der Waals surface area contributed by atoms with Crippen LogP contribution in [0.1, 0.15) is 56.5 Å². The summed E-state index contributed by atoms with van der Waals surface area (Å²) < 4.78 is 0. The van der Waals surface area contributed by atoms with E-state index in [0.29, 0.717) is 0 Å². The Morgan fingerprint density at radius 2 is 1.81 bits per heavy atom. The number of nitrogens with one attached hydrogen (secondary N) is 1. The number of rotatable bonds is 4. The van der Waals surface area contributed by atoms with E-state index in [1.807, 2.05) is 0 Å². The minimum atomic E-state index is 0.0744. The van der Waals surface area contributed by atoms with Crippen molar-refractivity contribution in [3.8, 4) is 0 Å². The fourth-order valence-corrected chi connectivity index (χ4v) is 2.68.